The number of aryl methyl sites for hydroxylation is 2. The maximum atomic E-state index is 13.4. The van der Waals surface area contributed by atoms with Crippen LogP contribution in [0.25, 0.3) is 21.9 Å². The molecule has 1 unspecified atom stereocenters. The Morgan fingerprint density at radius 1 is 0.824 bits per heavy atom. The Morgan fingerprint density at radius 2 is 1.53 bits per heavy atom. The Balaban J connectivity index is 0.938. The van der Waals surface area contributed by atoms with E-state index in [1.165, 1.54) is 0 Å². The first kappa shape index (κ1) is 50.4. The summed E-state index contributed by atoms with van der Waals surface area (Å²) in [5, 5.41) is 12.7. The van der Waals surface area contributed by atoms with Gasteiger partial charge in [-0.1, -0.05) is 86.9 Å². The van der Waals surface area contributed by atoms with E-state index in [1.54, 1.807) is 13.8 Å². The highest BCUT2D eigenvalue weighted by Gasteiger charge is 2.32. The lowest BCUT2D eigenvalue weighted by molar-refractivity contribution is -0.131. The van der Waals surface area contributed by atoms with Gasteiger partial charge in [0.05, 0.1) is 34.8 Å². The highest BCUT2D eigenvalue weighted by molar-refractivity contribution is 6.06. The molecule has 358 valence electrons. The Bertz CT molecular complexity index is 2740. The van der Waals surface area contributed by atoms with E-state index in [0.29, 0.717) is 50.2 Å². The number of pyridine rings is 1. The third-order valence-corrected chi connectivity index (χ3v) is 12.1. The quantitative estimate of drug-likeness (QED) is 0.0274. The topological polar surface area (TPSA) is 202 Å². The van der Waals surface area contributed by atoms with Gasteiger partial charge < -0.3 is 42.2 Å². The first-order valence-electron chi connectivity index (χ1n) is 23.7. The van der Waals surface area contributed by atoms with Crippen molar-refractivity contribution in [1.82, 2.24) is 35.8 Å². The molecule has 0 aliphatic carbocycles. The van der Waals surface area contributed by atoms with E-state index in [1.807, 2.05) is 74.5 Å². The number of para-hydroxylation sites is 2. The van der Waals surface area contributed by atoms with Crippen LogP contribution in [0, 0.1) is 11.8 Å². The molecule has 3 aromatic carbocycles. The zero-order valence-corrected chi connectivity index (χ0v) is 40.4. The molecule has 6 rings (SSSR count). The van der Waals surface area contributed by atoms with Gasteiger partial charge in [0.2, 0.25) is 17.7 Å². The van der Waals surface area contributed by atoms with Gasteiger partial charge in [-0.2, -0.15) is 0 Å². The minimum absolute atomic E-state index is 0.00419. The second kappa shape index (κ2) is 22.7. The summed E-state index contributed by atoms with van der Waals surface area (Å²) >= 11 is 0. The molecule has 1 aliphatic rings. The molecule has 1 atom stereocenters. The summed E-state index contributed by atoms with van der Waals surface area (Å²) in [5.41, 5.74) is 18.8. The molecule has 8 N–H and O–H groups in total. The number of nitrogen functional groups attached to an aromatic ring is 1. The molecule has 14 nitrogen and oxygen atoms in total. The number of unbranched alkanes of at least 4 members (excludes halogenated alkanes) is 2. The van der Waals surface area contributed by atoms with Crippen LogP contribution in [0.1, 0.15) is 115 Å². The van der Waals surface area contributed by atoms with E-state index >= 15 is 0 Å². The molecule has 0 spiro atoms. The number of nitrogens with zero attached hydrogens (tertiary/aromatic N) is 4. The predicted molar refractivity (Wildman–Crippen MR) is 272 cm³/mol. The lowest BCUT2D eigenvalue weighted by atomic mass is 9.92. The fourth-order valence-electron chi connectivity index (χ4n) is 8.55. The van der Waals surface area contributed by atoms with Crippen LogP contribution in [-0.2, 0) is 38.7 Å². The van der Waals surface area contributed by atoms with Gasteiger partial charge in [0, 0.05) is 72.3 Å². The second-order valence-electron chi connectivity index (χ2n) is 18.9. The number of carbonyl (C=O) groups is 4. The number of Topliss-reactive ketones (excluding diaryl/α,β-unsaturated/α-hetero) is 1. The fourth-order valence-corrected chi connectivity index (χ4v) is 8.55. The number of anilines is 2. The van der Waals surface area contributed by atoms with Gasteiger partial charge in [-0.05, 0) is 96.0 Å². The summed E-state index contributed by atoms with van der Waals surface area (Å²) in [6.07, 6.45) is 5.66. The smallest absolute Gasteiger partial charge is 0.239 e. The van der Waals surface area contributed by atoms with Crippen LogP contribution >= 0.6 is 0 Å². The number of imidazole rings is 1. The normalized spacial score (nSPS) is 12.7. The molecule has 3 heterocycles. The maximum absolute atomic E-state index is 13.4. The predicted octanol–water partition coefficient (Wildman–Crippen LogP) is 7.08. The van der Waals surface area contributed by atoms with Crippen LogP contribution in [-0.4, -0.2) is 68.2 Å². The van der Waals surface area contributed by atoms with Crippen molar-refractivity contribution in [3.63, 3.8) is 0 Å². The van der Waals surface area contributed by atoms with Gasteiger partial charge in [0.25, 0.3) is 0 Å². The van der Waals surface area contributed by atoms with Crippen molar-refractivity contribution in [2.45, 2.75) is 129 Å². The average molecular weight is 921 g/mol. The molecule has 14 heteroatoms. The molecule has 0 fully saturated rings. The number of hydrogen-bond donors (Lipinski definition) is 6. The summed E-state index contributed by atoms with van der Waals surface area (Å²) < 4.78 is 2.24. The summed E-state index contributed by atoms with van der Waals surface area (Å²) in [6.45, 7) is 19.2. The molecular formula is C54H68N10O4. The molecule has 0 saturated heterocycles. The highest BCUT2D eigenvalue weighted by atomic mass is 16.2. The van der Waals surface area contributed by atoms with Gasteiger partial charge in [-0.15, -0.1) is 0 Å². The van der Waals surface area contributed by atoms with Crippen molar-refractivity contribution < 1.29 is 19.2 Å². The Kier molecular flexibility index (Phi) is 16.8. The Morgan fingerprint density at radius 3 is 2.29 bits per heavy atom. The summed E-state index contributed by atoms with van der Waals surface area (Å²) in [7, 11) is 0. The number of amides is 3. The van der Waals surface area contributed by atoms with Crippen molar-refractivity contribution in [3.8, 4) is 11.8 Å². The van der Waals surface area contributed by atoms with Gasteiger partial charge in [0.15, 0.2) is 11.6 Å². The van der Waals surface area contributed by atoms with Crippen molar-refractivity contribution in [3.05, 3.63) is 120 Å². The van der Waals surface area contributed by atoms with E-state index < -0.39 is 28.8 Å². The number of ketones is 1. The van der Waals surface area contributed by atoms with Gasteiger partial charge >= 0.3 is 0 Å². The molecule has 68 heavy (non-hydrogen) atoms. The number of allylic oxidation sites excluding steroid dienone is 2. The number of rotatable bonds is 24. The summed E-state index contributed by atoms with van der Waals surface area (Å²) in [4.78, 5) is 64.4. The molecule has 2 aromatic heterocycles. The third kappa shape index (κ3) is 13.3. The fraction of sp³-hybridized carbons (Fsp3) is 0.407. The van der Waals surface area contributed by atoms with Crippen LogP contribution in [0.2, 0.25) is 0 Å². The third-order valence-electron chi connectivity index (χ3n) is 12.1. The number of nitrogens with two attached hydrogens (primary N) is 2. The van der Waals surface area contributed by atoms with Crippen molar-refractivity contribution >= 4 is 56.9 Å². The number of carbonyl (C=O) groups excluding carboxylic acids is 4. The summed E-state index contributed by atoms with van der Waals surface area (Å²) in [5.74, 6) is 6.44. The van der Waals surface area contributed by atoms with Crippen LogP contribution in [0.3, 0.4) is 0 Å². The first-order chi connectivity index (χ1) is 32.4. The molecule has 3 amide bonds. The van der Waals surface area contributed by atoms with Gasteiger partial charge in [-0.3, -0.25) is 19.2 Å². The largest absolute Gasteiger partial charge is 0.383 e. The van der Waals surface area contributed by atoms with E-state index in [-0.39, 0.29) is 37.6 Å². The number of hydrogen-bond acceptors (Lipinski definition) is 10. The highest BCUT2D eigenvalue weighted by Crippen LogP contribution is 2.31. The van der Waals surface area contributed by atoms with Crippen LogP contribution in [0.15, 0.2) is 97.3 Å². The summed E-state index contributed by atoms with van der Waals surface area (Å²) in [6, 6.07) is 23.1. The van der Waals surface area contributed by atoms with Crippen molar-refractivity contribution in [1.29, 1.82) is 0 Å². The van der Waals surface area contributed by atoms with Crippen molar-refractivity contribution in [2.75, 3.05) is 23.7 Å². The minimum atomic E-state index is -1.27. The number of benzene rings is 3. The molecule has 5 aromatic rings. The minimum Gasteiger partial charge on any atom is -0.383 e. The van der Waals surface area contributed by atoms with Crippen LogP contribution in [0.5, 0.6) is 0 Å². The number of nitrogens with one attached hydrogen (secondary N) is 4. The standard InChI is InChI=1S/C54H68N10O4/c1-8-9-24-45-61-49-50(41-21-13-14-22-42(41)60-52(49)55)63(45)32-17-16-31-57-46(65)30-29-43(51(68)54(6,7)56)59-48(67)34-58-47(66)33-53(4,5)62-36(2)25-26-37(3)64-35-40-20-11-10-18-38(40)27-28-39-19-12-15-23-44(39)64/h10-15,18-23,43,62H,2-3,8-9,16-17,24-26,29-35,56H2,1,4-7H3,(H2,55,60)(H,57,65)(H,58,66)(H,59,67). The molecule has 1 aliphatic heterocycles. The van der Waals surface area contributed by atoms with E-state index in [9.17, 15) is 19.2 Å². The molecule has 0 saturated carbocycles. The molecule has 0 radical (unpaired) electrons. The Labute approximate surface area is 400 Å². The average Bonchev–Trinajstić information content (AvgIpc) is 3.66. The molecular weight excluding hydrogens is 853 g/mol. The number of fused-ring (bicyclic) bond motifs is 5. The lowest BCUT2D eigenvalue weighted by Crippen LogP contribution is -2.55. The number of aromatic nitrogens is 3. The van der Waals surface area contributed by atoms with Crippen LogP contribution in [0.4, 0.5) is 11.5 Å². The van der Waals surface area contributed by atoms with Crippen molar-refractivity contribution in [2.24, 2.45) is 5.73 Å². The van der Waals surface area contributed by atoms with E-state index in [0.717, 1.165) is 81.7 Å². The van der Waals surface area contributed by atoms with E-state index in [2.05, 4.69) is 79.8 Å². The first-order valence-corrected chi connectivity index (χ1v) is 23.7. The Hall–Kier alpha value is -6.98. The monoisotopic (exact) mass is 921 g/mol. The second-order valence-corrected chi connectivity index (χ2v) is 18.9. The van der Waals surface area contributed by atoms with Crippen LogP contribution < -0.4 is 37.6 Å². The lowest BCUT2D eigenvalue weighted by Gasteiger charge is -2.31. The maximum Gasteiger partial charge on any atom is 0.239 e. The SMILES string of the molecule is C=C(CCC(=C)N1Cc2ccccc2C#Cc2ccccc21)NC(C)(C)CC(=O)NCC(=O)NC(CCC(=O)NCCCCn1c(CCCC)nc2c(N)nc3ccccc3c21)C(=O)C(C)(C)N. The zero-order chi connectivity index (χ0) is 49.0. The van der Waals surface area contributed by atoms with Gasteiger partial charge in [0.1, 0.15) is 11.3 Å². The zero-order valence-electron chi connectivity index (χ0n) is 40.4. The molecule has 0 bridgehead atoms. The van der Waals surface area contributed by atoms with E-state index in [4.69, 9.17) is 16.5 Å². The van der Waals surface area contributed by atoms with Gasteiger partial charge in [-0.25, -0.2) is 9.97 Å².